The topological polar surface area (TPSA) is 63.1 Å². The maximum atomic E-state index is 12.9. The van der Waals surface area contributed by atoms with E-state index < -0.39 is 0 Å². The molecule has 6 nitrogen and oxygen atoms in total. The number of anilines is 1. The van der Waals surface area contributed by atoms with Gasteiger partial charge in [0.1, 0.15) is 12.2 Å². The van der Waals surface area contributed by atoms with E-state index in [9.17, 15) is 4.79 Å². The maximum Gasteiger partial charge on any atom is 0.321 e. The van der Waals surface area contributed by atoms with Crippen molar-refractivity contribution in [2.75, 3.05) is 18.4 Å². The van der Waals surface area contributed by atoms with Gasteiger partial charge in [-0.25, -0.2) is 4.79 Å². The summed E-state index contributed by atoms with van der Waals surface area (Å²) in [5, 5.41) is 12.0. The van der Waals surface area contributed by atoms with E-state index in [1.807, 2.05) is 41.6 Å². The van der Waals surface area contributed by atoms with Gasteiger partial charge in [0.25, 0.3) is 0 Å². The van der Waals surface area contributed by atoms with Crippen molar-refractivity contribution in [2.45, 2.75) is 38.5 Å². The normalized spacial score (nSPS) is 21.5. The molecular formula is C19H24ClN5O. The highest BCUT2D eigenvalue weighted by molar-refractivity contribution is 6.33. The van der Waals surface area contributed by atoms with E-state index >= 15 is 0 Å². The Hall–Kier alpha value is -2.08. The largest absolute Gasteiger partial charge is 0.323 e. The first kappa shape index (κ1) is 17.3. The van der Waals surface area contributed by atoms with Crippen LogP contribution in [0.2, 0.25) is 5.02 Å². The summed E-state index contributed by atoms with van der Waals surface area (Å²) in [6.07, 6.45) is 6.45. The van der Waals surface area contributed by atoms with E-state index in [4.69, 9.17) is 11.6 Å². The predicted octanol–water partition coefficient (Wildman–Crippen LogP) is 3.97. The number of nitrogens with zero attached hydrogens (tertiary/aromatic N) is 4. The molecule has 0 bridgehead atoms. The third kappa shape index (κ3) is 2.96. The van der Waals surface area contributed by atoms with Crippen LogP contribution in [0.1, 0.15) is 43.0 Å². The summed E-state index contributed by atoms with van der Waals surface area (Å²) in [4.78, 5) is 14.8. The number of carbonyl (C=O) groups is 1. The first-order valence-corrected chi connectivity index (χ1v) is 9.52. The highest BCUT2D eigenvalue weighted by Gasteiger charge is 2.51. The lowest BCUT2D eigenvalue weighted by molar-refractivity contribution is 0.212. The van der Waals surface area contributed by atoms with Gasteiger partial charge in [-0.1, -0.05) is 30.5 Å². The summed E-state index contributed by atoms with van der Waals surface area (Å²) in [6, 6.07) is 5.58. The molecule has 1 saturated heterocycles. The standard InChI is InChI=1S/C19H24ClN5O/c1-13-5-6-16(15(20)9-13)22-18(26)25-10-14(17-23-21-12-24(17)2)19(11-25)7-3-4-8-19/h5-6,9,12,14H,3-4,7-8,10-11H2,1-2H3,(H,22,26). The van der Waals surface area contributed by atoms with Gasteiger partial charge in [0, 0.05) is 26.1 Å². The van der Waals surface area contributed by atoms with E-state index in [1.54, 1.807) is 6.33 Å². The number of hydrogen-bond acceptors (Lipinski definition) is 3. The number of halogens is 1. The van der Waals surface area contributed by atoms with Crippen molar-refractivity contribution in [3.63, 3.8) is 0 Å². The Balaban J connectivity index is 1.56. The van der Waals surface area contributed by atoms with Gasteiger partial charge in [0.2, 0.25) is 0 Å². The molecule has 1 saturated carbocycles. The highest BCUT2D eigenvalue weighted by Crippen LogP contribution is 2.53. The van der Waals surface area contributed by atoms with Gasteiger partial charge in [-0.3, -0.25) is 0 Å². The molecule has 2 amide bonds. The molecule has 2 heterocycles. The number of carbonyl (C=O) groups excluding carboxylic acids is 1. The lowest BCUT2D eigenvalue weighted by Crippen LogP contribution is -2.34. The molecule has 0 radical (unpaired) electrons. The second kappa shape index (κ2) is 6.58. The second-order valence-electron chi connectivity index (χ2n) is 7.72. The zero-order valence-corrected chi connectivity index (χ0v) is 16.0. The van der Waals surface area contributed by atoms with Crippen LogP contribution >= 0.6 is 11.6 Å². The van der Waals surface area contributed by atoms with Crippen molar-refractivity contribution in [3.05, 3.63) is 40.9 Å². The molecule has 1 aliphatic heterocycles. The summed E-state index contributed by atoms with van der Waals surface area (Å²) in [6.45, 7) is 3.41. The fourth-order valence-corrected chi connectivity index (χ4v) is 4.87. The van der Waals surface area contributed by atoms with Crippen molar-refractivity contribution < 1.29 is 4.79 Å². The first-order chi connectivity index (χ1) is 12.5. The highest BCUT2D eigenvalue weighted by atomic mass is 35.5. The van der Waals surface area contributed by atoms with Crippen molar-refractivity contribution >= 4 is 23.3 Å². The Labute approximate surface area is 158 Å². The molecule has 138 valence electrons. The molecule has 4 rings (SSSR count). The summed E-state index contributed by atoms with van der Waals surface area (Å²) in [5.41, 5.74) is 1.85. The van der Waals surface area contributed by atoms with Crippen molar-refractivity contribution in [2.24, 2.45) is 12.5 Å². The minimum Gasteiger partial charge on any atom is -0.323 e. The number of aryl methyl sites for hydroxylation is 2. The fraction of sp³-hybridized carbons (Fsp3) is 0.526. The van der Waals surface area contributed by atoms with E-state index in [1.165, 1.54) is 12.8 Å². The Morgan fingerprint density at radius 1 is 1.35 bits per heavy atom. The predicted molar refractivity (Wildman–Crippen MR) is 101 cm³/mol. The van der Waals surface area contributed by atoms with Gasteiger partial charge in [-0.15, -0.1) is 10.2 Å². The van der Waals surface area contributed by atoms with Crippen molar-refractivity contribution in [1.29, 1.82) is 0 Å². The van der Waals surface area contributed by atoms with Crippen LogP contribution in [0.4, 0.5) is 10.5 Å². The van der Waals surface area contributed by atoms with Gasteiger partial charge in [-0.2, -0.15) is 0 Å². The lowest BCUT2D eigenvalue weighted by atomic mass is 9.76. The number of rotatable bonds is 2. The number of nitrogens with one attached hydrogen (secondary N) is 1. The van der Waals surface area contributed by atoms with E-state index in [-0.39, 0.29) is 17.4 Å². The monoisotopic (exact) mass is 373 g/mol. The van der Waals surface area contributed by atoms with Gasteiger partial charge in [0.15, 0.2) is 0 Å². The van der Waals surface area contributed by atoms with E-state index in [0.717, 1.165) is 30.8 Å². The van der Waals surface area contributed by atoms with Gasteiger partial charge in [0.05, 0.1) is 10.7 Å². The molecule has 1 aliphatic carbocycles. The number of urea groups is 1. The van der Waals surface area contributed by atoms with Crippen LogP contribution in [0, 0.1) is 12.3 Å². The third-order valence-electron chi connectivity index (χ3n) is 5.96. The minimum atomic E-state index is -0.0910. The average Bonchev–Trinajstić information content (AvgIpc) is 3.32. The molecule has 1 aromatic carbocycles. The zero-order chi connectivity index (χ0) is 18.3. The Morgan fingerprint density at radius 3 is 2.77 bits per heavy atom. The second-order valence-corrected chi connectivity index (χ2v) is 8.12. The van der Waals surface area contributed by atoms with Crippen LogP contribution in [-0.4, -0.2) is 38.8 Å². The van der Waals surface area contributed by atoms with Crippen LogP contribution in [0.15, 0.2) is 24.5 Å². The Morgan fingerprint density at radius 2 is 2.12 bits per heavy atom. The maximum absolute atomic E-state index is 12.9. The van der Waals surface area contributed by atoms with E-state index in [0.29, 0.717) is 17.3 Å². The van der Waals surface area contributed by atoms with Crippen molar-refractivity contribution in [1.82, 2.24) is 19.7 Å². The van der Waals surface area contributed by atoms with Crippen molar-refractivity contribution in [3.8, 4) is 0 Å². The number of benzene rings is 1. The number of amides is 2. The Kier molecular flexibility index (Phi) is 4.39. The molecule has 2 aliphatic rings. The minimum absolute atomic E-state index is 0.0910. The fourth-order valence-electron chi connectivity index (χ4n) is 4.59. The van der Waals surface area contributed by atoms with Gasteiger partial charge >= 0.3 is 6.03 Å². The summed E-state index contributed by atoms with van der Waals surface area (Å²) in [5.74, 6) is 1.22. The number of aromatic nitrogens is 3. The summed E-state index contributed by atoms with van der Waals surface area (Å²) < 4.78 is 1.99. The molecule has 26 heavy (non-hydrogen) atoms. The summed E-state index contributed by atoms with van der Waals surface area (Å²) >= 11 is 6.28. The molecule has 2 aromatic rings. The molecule has 1 aromatic heterocycles. The Bertz CT molecular complexity index is 827. The van der Waals surface area contributed by atoms with Crippen LogP contribution in [-0.2, 0) is 7.05 Å². The number of hydrogen-bond donors (Lipinski definition) is 1. The first-order valence-electron chi connectivity index (χ1n) is 9.14. The van der Waals surface area contributed by atoms with Gasteiger partial charge < -0.3 is 14.8 Å². The lowest BCUT2D eigenvalue weighted by Gasteiger charge is -2.28. The van der Waals surface area contributed by atoms with Crippen LogP contribution in [0.3, 0.4) is 0 Å². The number of likely N-dealkylation sites (tertiary alicyclic amines) is 1. The molecule has 1 atom stereocenters. The third-order valence-corrected chi connectivity index (χ3v) is 6.27. The van der Waals surface area contributed by atoms with Crippen LogP contribution in [0.25, 0.3) is 0 Å². The SMILES string of the molecule is Cc1ccc(NC(=O)N2CC(c3nncn3C)C3(CCCC3)C2)c(Cl)c1. The van der Waals surface area contributed by atoms with Crippen LogP contribution < -0.4 is 5.32 Å². The van der Waals surface area contributed by atoms with E-state index in [2.05, 4.69) is 15.5 Å². The molecule has 1 spiro atoms. The van der Waals surface area contributed by atoms with Crippen LogP contribution in [0.5, 0.6) is 0 Å². The smallest absolute Gasteiger partial charge is 0.321 e. The molecule has 1 N–H and O–H groups in total. The molecule has 7 heteroatoms. The molecule has 1 unspecified atom stereocenters. The summed E-state index contributed by atoms with van der Waals surface area (Å²) in [7, 11) is 1.98. The quantitative estimate of drug-likeness (QED) is 0.866. The van der Waals surface area contributed by atoms with Gasteiger partial charge in [-0.05, 0) is 42.9 Å². The molecular weight excluding hydrogens is 350 g/mol. The zero-order valence-electron chi connectivity index (χ0n) is 15.2. The molecule has 2 fully saturated rings. The average molecular weight is 374 g/mol.